The molecule has 0 radical (unpaired) electrons. The van der Waals surface area contributed by atoms with Crippen LogP contribution in [0.1, 0.15) is 26.2 Å². The second-order valence-electron chi connectivity index (χ2n) is 2.54. The van der Waals surface area contributed by atoms with Crippen LogP contribution >= 0.6 is 0 Å². The highest BCUT2D eigenvalue weighted by atomic mass is 14.9. The molecule has 46 valence electrons. The molecule has 1 atom stereocenters. The van der Waals surface area contributed by atoms with Gasteiger partial charge in [-0.25, -0.2) is 0 Å². The van der Waals surface area contributed by atoms with Gasteiger partial charge in [0.15, 0.2) is 0 Å². The first-order valence-electron chi connectivity index (χ1n) is 3.23. The number of hydrogen-bond acceptors (Lipinski definition) is 1. The summed E-state index contributed by atoms with van der Waals surface area (Å²) in [6.07, 6.45) is 3.79. The zero-order valence-electron chi connectivity index (χ0n) is 5.41. The number of rotatable bonds is 0. The maximum Gasteiger partial charge on any atom is 0.0229 e. The highest BCUT2D eigenvalue weighted by molar-refractivity contribution is 4.96. The van der Waals surface area contributed by atoms with Crippen LogP contribution < -0.4 is 5.32 Å². The van der Waals surface area contributed by atoms with Crippen molar-refractivity contribution in [1.82, 2.24) is 5.32 Å². The van der Waals surface area contributed by atoms with Gasteiger partial charge in [-0.05, 0) is 26.2 Å². The Morgan fingerprint density at radius 3 is 2.88 bits per heavy atom. The van der Waals surface area contributed by atoms with E-state index in [0.717, 1.165) is 0 Å². The Bertz CT molecular complexity index is 96.6. The van der Waals surface area contributed by atoms with Crippen molar-refractivity contribution in [3.8, 4) is 0 Å². The lowest BCUT2D eigenvalue weighted by atomic mass is 10.0. The SMILES string of the molecule is C=C1CCC[C@H](C)N1. The number of hydrogen-bond donors (Lipinski definition) is 1. The summed E-state index contributed by atoms with van der Waals surface area (Å²) in [7, 11) is 0. The van der Waals surface area contributed by atoms with E-state index in [2.05, 4.69) is 18.8 Å². The Morgan fingerprint density at radius 1 is 1.75 bits per heavy atom. The molecule has 1 aliphatic heterocycles. The van der Waals surface area contributed by atoms with E-state index < -0.39 is 0 Å². The molecule has 0 unspecified atom stereocenters. The topological polar surface area (TPSA) is 12.0 Å². The Balaban J connectivity index is 2.34. The highest BCUT2D eigenvalue weighted by Gasteiger charge is 2.07. The third-order valence-electron chi connectivity index (χ3n) is 1.57. The molecular weight excluding hydrogens is 98.1 g/mol. The summed E-state index contributed by atoms with van der Waals surface area (Å²) in [6.45, 7) is 6.05. The molecule has 1 saturated heterocycles. The summed E-state index contributed by atoms with van der Waals surface area (Å²) >= 11 is 0. The molecule has 0 bridgehead atoms. The summed E-state index contributed by atoms with van der Waals surface area (Å²) in [5.74, 6) is 0. The minimum absolute atomic E-state index is 0.663. The minimum Gasteiger partial charge on any atom is -0.386 e. The van der Waals surface area contributed by atoms with Crippen molar-refractivity contribution >= 4 is 0 Å². The zero-order chi connectivity index (χ0) is 5.98. The first kappa shape index (κ1) is 5.67. The maximum absolute atomic E-state index is 3.85. The molecule has 8 heavy (non-hydrogen) atoms. The van der Waals surface area contributed by atoms with E-state index >= 15 is 0 Å². The van der Waals surface area contributed by atoms with E-state index in [-0.39, 0.29) is 0 Å². The van der Waals surface area contributed by atoms with E-state index in [1.807, 2.05) is 0 Å². The van der Waals surface area contributed by atoms with Crippen molar-refractivity contribution in [2.75, 3.05) is 0 Å². The van der Waals surface area contributed by atoms with Gasteiger partial charge in [-0.15, -0.1) is 0 Å². The van der Waals surface area contributed by atoms with E-state index in [1.165, 1.54) is 25.0 Å². The molecule has 1 N–H and O–H groups in total. The van der Waals surface area contributed by atoms with Crippen LogP contribution in [-0.2, 0) is 0 Å². The van der Waals surface area contributed by atoms with Gasteiger partial charge >= 0.3 is 0 Å². The normalized spacial score (nSPS) is 29.6. The fourth-order valence-corrected chi connectivity index (χ4v) is 1.11. The van der Waals surface area contributed by atoms with Crippen LogP contribution in [0.4, 0.5) is 0 Å². The van der Waals surface area contributed by atoms with Crippen molar-refractivity contribution in [1.29, 1.82) is 0 Å². The van der Waals surface area contributed by atoms with Crippen molar-refractivity contribution < 1.29 is 0 Å². The third kappa shape index (κ3) is 1.25. The van der Waals surface area contributed by atoms with Crippen LogP contribution in [-0.4, -0.2) is 6.04 Å². The van der Waals surface area contributed by atoms with Gasteiger partial charge in [0.05, 0.1) is 0 Å². The molecular formula is C7H13N. The second kappa shape index (κ2) is 2.21. The highest BCUT2D eigenvalue weighted by Crippen LogP contribution is 2.12. The van der Waals surface area contributed by atoms with Gasteiger partial charge in [0.25, 0.3) is 0 Å². The van der Waals surface area contributed by atoms with Gasteiger partial charge in [0, 0.05) is 11.7 Å². The zero-order valence-corrected chi connectivity index (χ0v) is 5.41. The predicted molar refractivity (Wildman–Crippen MR) is 35.6 cm³/mol. The van der Waals surface area contributed by atoms with E-state index in [1.54, 1.807) is 0 Å². The first-order chi connectivity index (χ1) is 3.79. The van der Waals surface area contributed by atoms with Crippen molar-refractivity contribution in [3.05, 3.63) is 12.3 Å². The minimum atomic E-state index is 0.663. The lowest BCUT2D eigenvalue weighted by molar-refractivity contribution is 0.480. The molecule has 0 aromatic heterocycles. The maximum atomic E-state index is 3.85. The van der Waals surface area contributed by atoms with Gasteiger partial charge in [-0.3, -0.25) is 0 Å². The molecule has 0 aliphatic carbocycles. The molecule has 0 amide bonds. The van der Waals surface area contributed by atoms with E-state index in [4.69, 9.17) is 0 Å². The molecule has 0 spiro atoms. The van der Waals surface area contributed by atoms with Crippen molar-refractivity contribution in [2.24, 2.45) is 0 Å². The van der Waals surface area contributed by atoms with Gasteiger partial charge < -0.3 is 5.32 Å². The Labute approximate surface area is 50.8 Å². The van der Waals surface area contributed by atoms with Crippen LogP contribution in [0.5, 0.6) is 0 Å². The van der Waals surface area contributed by atoms with Crippen molar-refractivity contribution in [3.63, 3.8) is 0 Å². The summed E-state index contributed by atoms with van der Waals surface area (Å²) in [4.78, 5) is 0. The molecule has 1 nitrogen and oxygen atoms in total. The van der Waals surface area contributed by atoms with E-state index in [9.17, 15) is 0 Å². The van der Waals surface area contributed by atoms with Gasteiger partial charge in [0.1, 0.15) is 0 Å². The quantitative estimate of drug-likeness (QED) is 0.501. The average Bonchev–Trinajstić information content (AvgIpc) is 1.64. The van der Waals surface area contributed by atoms with Crippen LogP contribution in [0.2, 0.25) is 0 Å². The fourth-order valence-electron chi connectivity index (χ4n) is 1.11. The third-order valence-corrected chi connectivity index (χ3v) is 1.57. The molecule has 1 fully saturated rings. The lowest BCUT2D eigenvalue weighted by Gasteiger charge is -2.22. The van der Waals surface area contributed by atoms with Crippen LogP contribution in [0.3, 0.4) is 0 Å². The van der Waals surface area contributed by atoms with Crippen LogP contribution in [0, 0.1) is 0 Å². The van der Waals surface area contributed by atoms with Crippen LogP contribution in [0.25, 0.3) is 0 Å². The standard InChI is InChI=1S/C7H13N/c1-6-4-3-5-7(2)8-6/h7-8H,1,3-5H2,2H3/t7-/m0/s1. The molecule has 1 rings (SSSR count). The predicted octanol–water partition coefficient (Wildman–Crippen LogP) is 1.66. The molecule has 1 heteroatoms. The molecule has 0 saturated carbocycles. The summed E-state index contributed by atoms with van der Waals surface area (Å²) in [5.41, 5.74) is 1.21. The van der Waals surface area contributed by atoms with Gasteiger partial charge in [-0.1, -0.05) is 6.58 Å². The fraction of sp³-hybridized carbons (Fsp3) is 0.714. The van der Waals surface area contributed by atoms with E-state index in [0.29, 0.717) is 6.04 Å². The molecule has 1 heterocycles. The summed E-state index contributed by atoms with van der Waals surface area (Å²) in [5, 5.41) is 3.28. The monoisotopic (exact) mass is 111 g/mol. The summed E-state index contributed by atoms with van der Waals surface area (Å²) < 4.78 is 0. The Kier molecular flexibility index (Phi) is 1.56. The average molecular weight is 111 g/mol. The molecule has 1 aliphatic rings. The largest absolute Gasteiger partial charge is 0.386 e. The Morgan fingerprint density at radius 2 is 2.50 bits per heavy atom. The number of allylic oxidation sites excluding steroid dienone is 1. The Hall–Kier alpha value is -0.460. The number of nitrogens with one attached hydrogen (secondary N) is 1. The van der Waals surface area contributed by atoms with Gasteiger partial charge in [-0.2, -0.15) is 0 Å². The van der Waals surface area contributed by atoms with Crippen molar-refractivity contribution in [2.45, 2.75) is 32.2 Å². The molecule has 0 aromatic carbocycles. The summed E-state index contributed by atoms with van der Waals surface area (Å²) in [6, 6.07) is 0.663. The number of piperidine rings is 1. The van der Waals surface area contributed by atoms with Crippen LogP contribution in [0.15, 0.2) is 12.3 Å². The smallest absolute Gasteiger partial charge is 0.0229 e. The first-order valence-corrected chi connectivity index (χ1v) is 3.23. The molecule has 0 aromatic rings. The lowest BCUT2D eigenvalue weighted by Crippen LogP contribution is -2.28. The second-order valence-corrected chi connectivity index (χ2v) is 2.54. The van der Waals surface area contributed by atoms with Gasteiger partial charge in [0.2, 0.25) is 0 Å².